The van der Waals surface area contributed by atoms with Gasteiger partial charge in [0.05, 0.1) is 0 Å². The van der Waals surface area contributed by atoms with Gasteiger partial charge in [-0.25, -0.2) is 0 Å². The second-order valence-corrected chi connectivity index (χ2v) is 4.07. The van der Waals surface area contributed by atoms with Gasteiger partial charge >= 0.3 is 0 Å². The maximum absolute atomic E-state index is 8.84. The van der Waals surface area contributed by atoms with E-state index >= 15 is 0 Å². The summed E-state index contributed by atoms with van der Waals surface area (Å²) in [7, 11) is 1.97. The lowest BCUT2D eigenvalue weighted by Crippen LogP contribution is -2.17. The van der Waals surface area contributed by atoms with Crippen molar-refractivity contribution in [1.29, 1.82) is 0 Å². The third kappa shape index (κ3) is 3.33. The largest absolute Gasteiger partial charge is 0.396 e. The second kappa shape index (κ2) is 5.89. The van der Waals surface area contributed by atoms with Crippen LogP contribution in [0.1, 0.15) is 35.6 Å². The summed E-state index contributed by atoms with van der Waals surface area (Å²) >= 11 is 0. The summed E-state index contributed by atoms with van der Waals surface area (Å²) in [5.41, 5.74) is 3.97. The average Bonchev–Trinajstić information content (AvgIpc) is 2.21. The van der Waals surface area contributed by atoms with Crippen molar-refractivity contribution in [3.63, 3.8) is 0 Å². The van der Waals surface area contributed by atoms with Gasteiger partial charge in [0.1, 0.15) is 0 Å². The van der Waals surface area contributed by atoms with E-state index in [1.165, 1.54) is 16.7 Å². The lowest BCUT2D eigenvalue weighted by Gasteiger charge is -2.18. The van der Waals surface area contributed by atoms with Gasteiger partial charge in [-0.3, -0.25) is 0 Å². The van der Waals surface area contributed by atoms with Gasteiger partial charge in [0.15, 0.2) is 0 Å². The van der Waals surface area contributed by atoms with Crippen molar-refractivity contribution >= 4 is 0 Å². The van der Waals surface area contributed by atoms with Gasteiger partial charge in [-0.1, -0.05) is 23.8 Å². The summed E-state index contributed by atoms with van der Waals surface area (Å²) in [6.07, 6.45) is 1.83. The van der Waals surface area contributed by atoms with E-state index in [2.05, 4.69) is 37.4 Å². The number of hydrogen-bond acceptors (Lipinski definition) is 2. The molecule has 1 rings (SSSR count). The first-order chi connectivity index (χ1) is 7.19. The van der Waals surface area contributed by atoms with Crippen molar-refractivity contribution in [2.45, 2.75) is 32.7 Å². The molecule has 0 spiro atoms. The molecule has 15 heavy (non-hydrogen) atoms. The Hall–Kier alpha value is -0.860. The fourth-order valence-corrected chi connectivity index (χ4v) is 1.97. The van der Waals surface area contributed by atoms with Crippen molar-refractivity contribution < 1.29 is 5.11 Å². The molecule has 1 aromatic rings. The van der Waals surface area contributed by atoms with E-state index in [0.29, 0.717) is 6.04 Å². The predicted molar refractivity (Wildman–Crippen MR) is 64.0 cm³/mol. The highest BCUT2D eigenvalue weighted by Crippen LogP contribution is 2.22. The molecule has 1 aromatic carbocycles. The molecule has 0 radical (unpaired) electrons. The van der Waals surface area contributed by atoms with Gasteiger partial charge in [-0.05, 0) is 44.9 Å². The van der Waals surface area contributed by atoms with Gasteiger partial charge in [0.25, 0.3) is 0 Å². The first kappa shape index (κ1) is 12.2. The Bertz CT molecular complexity index is 309. The molecule has 1 atom stereocenters. The standard InChI is InChI=1S/C13H21NO/c1-10-6-7-12(11(2)9-10)13(14-3)5-4-8-15/h6-7,9,13-15H,4-5,8H2,1-3H3. The molecule has 0 saturated carbocycles. The maximum atomic E-state index is 8.84. The number of aliphatic hydroxyl groups is 1. The molecular weight excluding hydrogens is 186 g/mol. The molecule has 0 bridgehead atoms. The lowest BCUT2D eigenvalue weighted by atomic mass is 9.96. The highest BCUT2D eigenvalue weighted by Gasteiger charge is 2.10. The molecule has 0 heterocycles. The van der Waals surface area contributed by atoms with Crippen molar-refractivity contribution in [1.82, 2.24) is 5.32 Å². The van der Waals surface area contributed by atoms with Crippen LogP contribution < -0.4 is 5.32 Å². The summed E-state index contributed by atoms with van der Waals surface area (Å²) in [4.78, 5) is 0. The highest BCUT2D eigenvalue weighted by atomic mass is 16.2. The van der Waals surface area contributed by atoms with Gasteiger partial charge in [-0.2, -0.15) is 0 Å². The molecular formula is C13H21NO. The van der Waals surface area contributed by atoms with Gasteiger partial charge in [0.2, 0.25) is 0 Å². The number of hydrogen-bond donors (Lipinski definition) is 2. The van der Waals surface area contributed by atoms with Crippen molar-refractivity contribution in [3.8, 4) is 0 Å². The van der Waals surface area contributed by atoms with Crippen LogP contribution in [0.15, 0.2) is 18.2 Å². The minimum atomic E-state index is 0.267. The topological polar surface area (TPSA) is 32.3 Å². The molecule has 1 unspecified atom stereocenters. The van der Waals surface area contributed by atoms with E-state index < -0.39 is 0 Å². The minimum Gasteiger partial charge on any atom is -0.396 e. The van der Waals surface area contributed by atoms with Gasteiger partial charge < -0.3 is 10.4 Å². The molecule has 0 aliphatic rings. The first-order valence-corrected chi connectivity index (χ1v) is 5.54. The molecule has 0 aliphatic carbocycles. The molecule has 0 aliphatic heterocycles. The van der Waals surface area contributed by atoms with Crippen molar-refractivity contribution in [2.24, 2.45) is 0 Å². The van der Waals surface area contributed by atoms with Crippen LogP contribution in [-0.2, 0) is 0 Å². The Balaban J connectivity index is 2.81. The van der Waals surface area contributed by atoms with Crippen molar-refractivity contribution in [2.75, 3.05) is 13.7 Å². The molecule has 0 fully saturated rings. The Labute approximate surface area is 92.3 Å². The fourth-order valence-electron chi connectivity index (χ4n) is 1.97. The normalized spacial score (nSPS) is 12.8. The molecule has 0 aromatic heterocycles. The fraction of sp³-hybridized carbons (Fsp3) is 0.538. The van der Waals surface area contributed by atoms with Crippen LogP contribution in [0.5, 0.6) is 0 Å². The molecule has 84 valence electrons. The van der Waals surface area contributed by atoms with Crippen LogP contribution in [0.2, 0.25) is 0 Å². The second-order valence-electron chi connectivity index (χ2n) is 4.07. The van der Waals surface area contributed by atoms with E-state index in [9.17, 15) is 0 Å². The Morgan fingerprint density at radius 3 is 2.60 bits per heavy atom. The molecule has 2 nitrogen and oxygen atoms in total. The van der Waals surface area contributed by atoms with Gasteiger partial charge in [0, 0.05) is 12.6 Å². The summed E-state index contributed by atoms with van der Waals surface area (Å²) in [5, 5.41) is 12.1. The molecule has 0 saturated heterocycles. The molecule has 0 amide bonds. The quantitative estimate of drug-likeness (QED) is 0.776. The van der Waals surface area contributed by atoms with E-state index in [1.807, 2.05) is 7.05 Å². The zero-order chi connectivity index (χ0) is 11.3. The van der Waals surface area contributed by atoms with Crippen LogP contribution in [0.4, 0.5) is 0 Å². The summed E-state index contributed by atoms with van der Waals surface area (Å²) in [6, 6.07) is 6.89. The van der Waals surface area contributed by atoms with E-state index in [-0.39, 0.29) is 6.61 Å². The van der Waals surface area contributed by atoms with Crippen LogP contribution in [0.3, 0.4) is 0 Å². The van der Waals surface area contributed by atoms with Crippen LogP contribution in [-0.4, -0.2) is 18.8 Å². The third-order valence-electron chi connectivity index (χ3n) is 2.80. The van der Waals surface area contributed by atoms with Crippen molar-refractivity contribution in [3.05, 3.63) is 34.9 Å². The van der Waals surface area contributed by atoms with Crippen LogP contribution in [0, 0.1) is 13.8 Å². The molecule has 2 N–H and O–H groups in total. The number of nitrogens with one attached hydrogen (secondary N) is 1. The summed E-state index contributed by atoms with van der Waals surface area (Å²) < 4.78 is 0. The van der Waals surface area contributed by atoms with E-state index in [1.54, 1.807) is 0 Å². The number of benzene rings is 1. The van der Waals surface area contributed by atoms with Gasteiger partial charge in [-0.15, -0.1) is 0 Å². The zero-order valence-electron chi connectivity index (χ0n) is 9.88. The van der Waals surface area contributed by atoms with E-state index in [0.717, 1.165) is 12.8 Å². The summed E-state index contributed by atoms with van der Waals surface area (Å²) in [5.74, 6) is 0. The number of aryl methyl sites for hydroxylation is 2. The Kier molecular flexibility index (Phi) is 4.79. The molecule has 2 heteroatoms. The number of rotatable bonds is 5. The lowest BCUT2D eigenvalue weighted by molar-refractivity contribution is 0.276. The zero-order valence-corrected chi connectivity index (χ0v) is 9.88. The maximum Gasteiger partial charge on any atom is 0.0431 e. The van der Waals surface area contributed by atoms with E-state index in [4.69, 9.17) is 5.11 Å². The SMILES string of the molecule is CNC(CCCO)c1ccc(C)cc1C. The Morgan fingerprint density at radius 2 is 2.07 bits per heavy atom. The first-order valence-electron chi connectivity index (χ1n) is 5.54. The smallest absolute Gasteiger partial charge is 0.0431 e. The number of aliphatic hydroxyl groups excluding tert-OH is 1. The summed E-state index contributed by atoms with van der Waals surface area (Å²) in [6.45, 7) is 4.52. The average molecular weight is 207 g/mol. The predicted octanol–water partition coefficient (Wildman–Crippen LogP) is 2.34. The highest BCUT2D eigenvalue weighted by molar-refractivity contribution is 5.32. The Morgan fingerprint density at radius 1 is 1.33 bits per heavy atom. The van der Waals surface area contributed by atoms with Crippen LogP contribution in [0.25, 0.3) is 0 Å². The van der Waals surface area contributed by atoms with Crippen LogP contribution >= 0.6 is 0 Å². The third-order valence-corrected chi connectivity index (χ3v) is 2.80. The minimum absolute atomic E-state index is 0.267. The monoisotopic (exact) mass is 207 g/mol.